The minimum absolute atomic E-state index is 0.0878. The summed E-state index contributed by atoms with van der Waals surface area (Å²) in [6, 6.07) is 68.5. The summed E-state index contributed by atoms with van der Waals surface area (Å²) < 4.78 is 0. The van der Waals surface area contributed by atoms with Crippen molar-refractivity contribution < 1.29 is 0 Å². The number of nitrogens with zero attached hydrogens (tertiary/aromatic N) is 2. The van der Waals surface area contributed by atoms with E-state index >= 15 is 0 Å². The van der Waals surface area contributed by atoms with Gasteiger partial charge in [-0.1, -0.05) is 189 Å². The van der Waals surface area contributed by atoms with Gasteiger partial charge in [-0.15, -0.1) is 0 Å². The summed E-state index contributed by atoms with van der Waals surface area (Å²) in [5, 5.41) is 0. The molecule has 0 radical (unpaired) electrons. The van der Waals surface area contributed by atoms with E-state index in [2.05, 4.69) is 195 Å². The Morgan fingerprint density at radius 2 is 1.04 bits per heavy atom. The number of hydrogen-bond donors (Lipinski definition) is 0. The van der Waals surface area contributed by atoms with E-state index in [9.17, 15) is 0 Å². The molecule has 2 unspecified atom stereocenters. The fourth-order valence-corrected chi connectivity index (χ4v) is 9.34. The summed E-state index contributed by atoms with van der Waals surface area (Å²) in [7, 11) is 0. The number of aromatic nitrogens is 2. The van der Waals surface area contributed by atoms with Gasteiger partial charge in [0.25, 0.3) is 0 Å². The monoisotopic (exact) mass is 678 g/mol. The van der Waals surface area contributed by atoms with Crippen LogP contribution in [0.15, 0.2) is 188 Å². The quantitative estimate of drug-likeness (QED) is 0.181. The van der Waals surface area contributed by atoms with Crippen molar-refractivity contribution in [3.8, 4) is 44.9 Å². The van der Waals surface area contributed by atoms with Crippen molar-refractivity contribution in [1.29, 1.82) is 0 Å². The van der Waals surface area contributed by atoms with Gasteiger partial charge in [0.05, 0.1) is 11.1 Å². The Morgan fingerprint density at radius 3 is 1.72 bits per heavy atom. The lowest BCUT2D eigenvalue weighted by atomic mass is 9.64. The zero-order valence-corrected chi connectivity index (χ0v) is 29.7. The molecule has 0 spiro atoms. The van der Waals surface area contributed by atoms with Gasteiger partial charge in [0.2, 0.25) is 0 Å². The van der Waals surface area contributed by atoms with Crippen molar-refractivity contribution in [2.24, 2.45) is 0 Å². The average molecular weight is 679 g/mol. The molecule has 10 rings (SSSR count). The number of hydrogen-bond acceptors (Lipinski definition) is 2. The molecule has 0 saturated heterocycles. The van der Waals surface area contributed by atoms with Crippen LogP contribution in [-0.4, -0.2) is 9.97 Å². The second-order valence-electron chi connectivity index (χ2n) is 14.5. The number of benzene rings is 7. The first kappa shape index (κ1) is 31.4. The highest BCUT2D eigenvalue weighted by Crippen LogP contribution is 2.61. The van der Waals surface area contributed by atoms with Gasteiger partial charge in [0.1, 0.15) is 0 Å². The molecule has 2 aliphatic carbocycles. The molecule has 1 aromatic heterocycles. The molecule has 2 heteroatoms. The molecule has 0 aliphatic heterocycles. The van der Waals surface area contributed by atoms with Crippen LogP contribution in [0.3, 0.4) is 0 Å². The molecule has 53 heavy (non-hydrogen) atoms. The second-order valence-corrected chi connectivity index (χ2v) is 14.5. The summed E-state index contributed by atoms with van der Waals surface area (Å²) in [5.74, 6) is 0.973. The summed E-state index contributed by atoms with van der Waals surface area (Å²) in [4.78, 5) is 10.6. The molecular weight excluding hydrogens is 641 g/mol. The third-order valence-electron chi connectivity index (χ3n) is 11.7. The van der Waals surface area contributed by atoms with Crippen molar-refractivity contribution in [2.75, 3.05) is 0 Å². The maximum absolute atomic E-state index is 5.47. The summed E-state index contributed by atoms with van der Waals surface area (Å²) in [6.45, 7) is 2.45. The van der Waals surface area contributed by atoms with E-state index in [0.29, 0.717) is 0 Å². The number of rotatable bonds is 5. The van der Waals surface area contributed by atoms with E-state index in [1.54, 1.807) is 0 Å². The predicted octanol–water partition coefficient (Wildman–Crippen LogP) is 12.3. The van der Waals surface area contributed by atoms with Crippen LogP contribution in [0.25, 0.3) is 44.9 Å². The van der Waals surface area contributed by atoms with Crippen LogP contribution in [0.1, 0.15) is 57.8 Å². The Kier molecular flexibility index (Phi) is 7.51. The molecule has 7 aromatic carbocycles. The molecule has 2 nitrogen and oxygen atoms in total. The molecular formula is C51H38N2. The lowest BCUT2D eigenvalue weighted by molar-refractivity contribution is 0.556. The summed E-state index contributed by atoms with van der Waals surface area (Å²) >= 11 is 0. The van der Waals surface area contributed by atoms with Crippen LogP contribution in [0, 0.1) is 0 Å². The Bertz CT molecular complexity index is 2500. The highest BCUT2D eigenvalue weighted by atomic mass is 14.9. The molecule has 2 atom stereocenters. The summed E-state index contributed by atoms with van der Waals surface area (Å²) in [6.07, 6.45) is 0.872. The van der Waals surface area contributed by atoms with Gasteiger partial charge >= 0.3 is 0 Å². The zero-order chi connectivity index (χ0) is 35.4. The van der Waals surface area contributed by atoms with Crippen molar-refractivity contribution >= 4 is 0 Å². The van der Waals surface area contributed by atoms with Gasteiger partial charge in [0.15, 0.2) is 5.82 Å². The van der Waals surface area contributed by atoms with Gasteiger partial charge in [-0.25, -0.2) is 9.97 Å². The van der Waals surface area contributed by atoms with E-state index in [0.717, 1.165) is 34.8 Å². The van der Waals surface area contributed by atoms with E-state index in [1.165, 1.54) is 55.6 Å². The fourth-order valence-electron chi connectivity index (χ4n) is 9.34. The maximum Gasteiger partial charge on any atom is 0.160 e. The minimum Gasteiger partial charge on any atom is -0.233 e. The van der Waals surface area contributed by atoms with E-state index < -0.39 is 5.41 Å². The van der Waals surface area contributed by atoms with Crippen LogP contribution < -0.4 is 0 Å². The lowest BCUT2D eigenvalue weighted by Crippen LogP contribution is -2.30. The van der Waals surface area contributed by atoms with Gasteiger partial charge in [-0.05, 0) is 74.0 Å². The third-order valence-corrected chi connectivity index (χ3v) is 11.7. The highest BCUT2D eigenvalue weighted by Gasteiger charge is 2.49. The van der Waals surface area contributed by atoms with Gasteiger partial charge in [0, 0.05) is 22.7 Å². The topological polar surface area (TPSA) is 25.8 Å². The van der Waals surface area contributed by atoms with E-state index in [-0.39, 0.29) is 11.8 Å². The molecule has 0 N–H and O–H groups in total. The first-order valence-corrected chi connectivity index (χ1v) is 18.7. The molecule has 2 aliphatic rings. The Labute approximate surface area is 311 Å². The molecule has 0 amide bonds. The third kappa shape index (κ3) is 4.94. The van der Waals surface area contributed by atoms with Crippen LogP contribution in [0.2, 0.25) is 0 Å². The van der Waals surface area contributed by atoms with Crippen LogP contribution >= 0.6 is 0 Å². The van der Waals surface area contributed by atoms with Crippen molar-refractivity contribution in [1.82, 2.24) is 9.97 Å². The SMILES string of the molecule is CC1c2c(ccc3c2C(c2ccccc2)(c2ccccc2)c2ccccc2-3)-c2ccccc2CC1c1cc(-c2ccccc2)nc(-c2ccccc2)n1. The molecule has 0 bridgehead atoms. The normalized spacial score (nSPS) is 16.5. The standard InChI is InChI=1S/C51H38N2/c1-34-44(47-33-46(35-18-6-2-7-19-35)52-50(53-47)36-20-8-3-9-21-36)32-37-22-14-15-27-40(37)42-30-31-43-41-28-16-17-29-45(41)51(49(43)48(34)42,38-23-10-4-11-24-38)39-25-12-5-13-26-39/h2-31,33-34,44H,32H2,1H3. The first-order valence-electron chi connectivity index (χ1n) is 18.7. The van der Waals surface area contributed by atoms with Crippen molar-refractivity contribution in [2.45, 2.75) is 30.6 Å². The largest absolute Gasteiger partial charge is 0.233 e. The molecule has 0 fully saturated rings. The minimum atomic E-state index is -0.506. The molecule has 252 valence electrons. The average Bonchev–Trinajstić information content (AvgIpc) is 3.47. The van der Waals surface area contributed by atoms with Crippen molar-refractivity contribution in [3.05, 3.63) is 227 Å². The zero-order valence-electron chi connectivity index (χ0n) is 29.7. The first-order chi connectivity index (χ1) is 26.2. The van der Waals surface area contributed by atoms with Gasteiger partial charge < -0.3 is 0 Å². The lowest BCUT2D eigenvalue weighted by Gasteiger charge is -2.37. The maximum atomic E-state index is 5.47. The van der Waals surface area contributed by atoms with E-state index in [4.69, 9.17) is 9.97 Å². The predicted molar refractivity (Wildman–Crippen MR) is 217 cm³/mol. The fraction of sp³-hybridized carbons (Fsp3) is 0.0980. The summed E-state index contributed by atoms with van der Waals surface area (Å²) in [5.41, 5.74) is 16.9. The Morgan fingerprint density at radius 1 is 0.491 bits per heavy atom. The smallest absolute Gasteiger partial charge is 0.160 e. The second kappa shape index (κ2) is 12.7. The van der Waals surface area contributed by atoms with Crippen LogP contribution in [0.4, 0.5) is 0 Å². The molecule has 1 heterocycles. The van der Waals surface area contributed by atoms with E-state index in [1.807, 2.05) is 0 Å². The van der Waals surface area contributed by atoms with Gasteiger partial charge in [-0.3, -0.25) is 0 Å². The van der Waals surface area contributed by atoms with Crippen LogP contribution in [-0.2, 0) is 11.8 Å². The van der Waals surface area contributed by atoms with Gasteiger partial charge in [-0.2, -0.15) is 0 Å². The Hall–Kier alpha value is -6.38. The number of fused-ring (bicyclic) bond motifs is 7. The van der Waals surface area contributed by atoms with Crippen LogP contribution in [0.5, 0.6) is 0 Å². The highest BCUT2D eigenvalue weighted by molar-refractivity contribution is 5.91. The molecule has 8 aromatic rings. The van der Waals surface area contributed by atoms with Crippen molar-refractivity contribution in [3.63, 3.8) is 0 Å². The Balaban J connectivity index is 1.29. The molecule has 0 saturated carbocycles.